The van der Waals surface area contributed by atoms with Gasteiger partial charge in [0.25, 0.3) is 0 Å². The molecule has 2 aromatic rings. The van der Waals surface area contributed by atoms with Crippen molar-refractivity contribution in [3.63, 3.8) is 0 Å². The van der Waals surface area contributed by atoms with E-state index in [9.17, 15) is 13.2 Å². The van der Waals surface area contributed by atoms with Crippen LogP contribution in [0.4, 0.5) is 13.2 Å². The van der Waals surface area contributed by atoms with E-state index < -0.39 is 17.8 Å². The van der Waals surface area contributed by atoms with Gasteiger partial charge in [0.2, 0.25) is 0 Å². The zero-order chi connectivity index (χ0) is 13.9. The fourth-order valence-electron chi connectivity index (χ4n) is 1.92. The molecule has 1 aromatic heterocycles. The summed E-state index contributed by atoms with van der Waals surface area (Å²) in [7, 11) is 0. The lowest BCUT2D eigenvalue weighted by Crippen LogP contribution is -2.24. The van der Waals surface area contributed by atoms with E-state index in [1.54, 1.807) is 17.6 Å². The first kappa shape index (κ1) is 14.0. The van der Waals surface area contributed by atoms with Crippen molar-refractivity contribution < 1.29 is 13.2 Å². The van der Waals surface area contributed by atoms with E-state index in [1.807, 2.05) is 6.92 Å². The summed E-state index contributed by atoms with van der Waals surface area (Å²) in [6.45, 7) is 2.42. The van der Waals surface area contributed by atoms with Crippen LogP contribution in [0, 0.1) is 0 Å². The Kier molecular flexibility index (Phi) is 4.21. The maximum absolute atomic E-state index is 13.0. The van der Waals surface area contributed by atoms with Crippen LogP contribution in [0.1, 0.15) is 29.1 Å². The highest BCUT2D eigenvalue weighted by Gasteiger charge is 2.35. The Balaban J connectivity index is 2.48. The second-order valence-corrected chi connectivity index (χ2v) is 4.87. The summed E-state index contributed by atoms with van der Waals surface area (Å²) in [5.41, 5.74) is -0.400. The zero-order valence-corrected chi connectivity index (χ0v) is 11.1. The first-order valence-corrected chi connectivity index (χ1v) is 6.71. The summed E-state index contributed by atoms with van der Waals surface area (Å²) in [5.74, 6) is 0. The highest BCUT2D eigenvalue weighted by Crippen LogP contribution is 2.36. The summed E-state index contributed by atoms with van der Waals surface area (Å²) in [4.78, 5) is 4.12. The van der Waals surface area contributed by atoms with Gasteiger partial charge >= 0.3 is 6.18 Å². The number of nitrogens with one attached hydrogen (secondary N) is 1. The molecule has 0 spiro atoms. The van der Waals surface area contributed by atoms with Gasteiger partial charge < -0.3 is 5.32 Å². The number of hydrogen-bond acceptors (Lipinski definition) is 3. The summed E-state index contributed by atoms with van der Waals surface area (Å²) in [5, 5.41) is 5.46. The minimum absolute atomic E-state index is 0.215. The Morgan fingerprint density at radius 3 is 2.63 bits per heavy atom. The van der Waals surface area contributed by atoms with Crippen molar-refractivity contribution in [2.45, 2.75) is 19.1 Å². The van der Waals surface area contributed by atoms with Crippen LogP contribution < -0.4 is 5.32 Å². The summed E-state index contributed by atoms with van der Waals surface area (Å²) >= 11 is 1.34. The first-order valence-electron chi connectivity index (χ1n) is 5.83. The summed E-state index contributed by atoms with van der Waals surface area (Å²) < 4.78 is 39.1. The van der Waals surface area contributed by atoms with Crippen molar-refractivity contribution in [1.29, 1.82) is 0 Å². The molecule has 0 radical (unpaired) electrons. The first-order chi connectivity index (χ1) is 9.04. The number of hydrogen-bond donors (Lipinski definition) is 1. The standard InChI is InChI=1S/C13H13F3N2S/c1-2-17-11(12-18-7-8-19-12)9-5-3-4-6-10(9)13(14,15)16/h3-8,11,17H,2H2,1H3. The minimum atomic E-state index is -4.36. The molecule has 0 amide bonds. The molecule has 0 saturated heterocycles. The minimum Gasteiger partial charge on any atom is -0.305 e. The third-order valence-electron chi connectivity index (χ3n) is 2.68. The number of alkyl halides is 3. The molecule has 0 aliphatic heterocycles. The van der Waals surface area contributed by atoms with E-state index in [0.717, 1.165) is 6.07 Å². The topological polar surface area (TPSA) is 24.9 Å². The van der Waals surface area contributed by atoms with Crippen molar-refractivity contribution >= 4 is 11.3 Å². The number of halogens is 3. The van der Waals surface area contributed by atoms with Crippen LogP contribution >= 0.6 is 11.3 Å². The van der Waals surface area contributed by atoms with E-state index in [0.29, 0.717) is 11.6 Å². The third kappa shape index (κ3) is 3.13. The van der Waals surface area contributed by atoms with Gasteiger partial charge in [-0.1, -0.05) is 25.1 Å². The number of nitrogens with zero attached hydrogens (tertiary/aromatic N) is 1. The van der Waals surface area contributed by atoms with Crippen LogP contribution in [0.25, 0.3) is 0 Å². The summed E-state index contributed by atoms with van der Waals surface area (Å²) in [6.07, 6.45) is -2.76. The molecule has 2 rings (SSSR count). The molecule has 0 fully saturated rings. The molecule has 2 nitrogen and oxygen atoms in total. The maximum atomic E-state index is 13.0. The molecule has 102 valence electrons. The number of aromatic nitrogens is 1. The Hall–Kier alpha value is -1.40. The average molecular weight is 286 g/mol. The van der Waals surface area contributed by atoms with E-state index >= 15 is 0 Å². The SMILES string of the molecule is CCNC(c1nccs1)c1ccccc1C(F)(F)F. The van der Waals surface area contributed by atoms with Gasteiger partial charge in [-0.3, -0.25) is 0 Å². The molecule has 0 aliphatic rings. The van der Waals surface area contributed by atoms with Gasteiger partial charge in [-0.05, 0) is 18.2 Å². The molecule has 1 N–H and O–H groups in total. The van der Waals surface area contributed by atoms with Crippen molar-refractivity contribution in [1.82, 2.24) is 10.3 Å². The fraction of sp³-hybridized carbons (Fsp3) is 0.308. The molecule has 1 heterocycles. The predicted molar refractivity (Wildman–Crippen MR) is 69.1 cm³/mol. The molecular weight excluding hydrogens is 273 g/mol. The van der Waals surface area contributed by atoms with Crippen LogP contribution in [0.2, 0.25) is 0 Å². The Morgan fingerprint density at radius 2 is 2.05 bits per heavy atom. The van der Waals surface area contributed by atoms with Crippen LogP contribution in [0.15, 0.2) is 35.8 Å². The Morgan fingerprint density at radius 1 is 1.32 bits per heavy atom. The lowest BCUT2D eigenvalue weighted by molar-refractivity contribution is -0.138. The molecule has 0 saturated carbocycles. The third-order valence-corrected chi connectivity index (χ3v) is 3.52. The van der Waals surface area contributed by atoms with Crippen molar-refractivity contribution in [3.05, 3.63) is 52.0 Å². The van der Waals surface area contributed by atoms with Gasteiger partial charge in [0.1, 0.15) is 5.01 Å². The fourth-order valence-corrected chi connectivity index (χ4v) is 2.65. The van der Waals surface area contributed by atoms with Crippen molar-refractivity contribution in [2.24, 2.45) is 0 Å². The monoisotopic (exact) mass is 286 g/mol. The largest absolute Gasteiger partial charge is 0.416 e. The average Bonchev–Trinajstić information content (AvgIpc) is 2.88. The van der Waals surface area contributed by atoms with E-state index in [2.05, 4.69) is 10.3 Å². The number of thiazole rings is 1. The lowest BCUT2D eigenvalue weighted by atomic mass is 10.00. The quantitative estimate of drug-likeness (QED) is 0.923. The molecule has 0 bridgehead atoms. The van der Waals surface area contributed by atoms with E-state index in [4.69, 9.17) is 0 Å². The smallest absolute Gasteiger partial charge is 0.305 e. The van der Waals surface area contributed by atoms with Gasteiger partial charge in [-0.2, -0.15) is 13.2 Å². The summed E-state index contributed by atoms with van der Waals surface area (Å²) in [6, 6.07) is 5.09. The molecule has 1 aromatic carbocycles. The second-order valence-electron chi connectivity index (χ2n) is 3.95. The maximum Gasteiger partial charge on any atom is 0.416 e. The van der Waals surface area contributed by atoms with Crippen molar-refractivity contribution in [2.75, 3.05) is 6.54 Å². The lowest BCUT2D eigenvalue weighted by Gasteiger charge is -2.20. The zero-order valence-electron chi connectivity index (χ0n) is 10.2. The molecule has 6 heteroatoms. The normalized spacial score (nSPS) is 13.5. The molecule has 1 atom stereocenters. The number of rotatable bonds is 4. The highest BCUT2D eigenvalue weighted by molar-refractivity contribution is 7.09. The van der Waals surface area contributed by atoms with Crippen LogP contribution in [-0.4, -0.2) is 11.5 Å². The highest BCUT2D eigenvalue weighted by atomic mass is 32.1. The predicted octanol–water partition coefficient (Wildman–Crippen LogP) is 3.86. The van der Waals surface area contributed by atoms with Crippen molar-refractivity contribution in [3.8, 4) is 0 Å². The van der Waals surface area contributed by atoms with Gasteiger partial charge in [0.05, 0.1) is 11.6 Å². The van der Waals surface area contributed by atoms with Gasteiger partial charge in [-0.25, -0.2) is 4.98 Å². The molecule has 19 heavy (non-hydrogen) atoms. The molecular formula is C13H13F3N2S. The Bertz CT molecular complexity index is 523. The number of benzene rings is 1. The van der Waals surface area contributed by atoms with Crippen LogP contribution in [0.5, 0.6) is 0 Å². The Labute approximate surface area is 113 Å². The molecule has 1 unspecified atom stereocenters. The van der Waals surface area contributed by atoms with Gasteiger partial charge in [0.15, 0.2) is 0 Å². The van der Waals surface area contributed by atoms with Gasteiger partial charge in [0, 0.05) is 11.6 Å². The van der Waals surface area contributed by atoms with E-state index in [-0.39, 0.29) is 5.56 Å². The molecule has 0 aliphatic carbocycles. The van der Waals surface area contributed by atoms with Crippen LogP contribution in [0.3, 0.4) is 0 Å². The van der Waals surface area contributed by atoms with Gasteiger partial charge in [-0.15, -0.1) is 11.3 Å². The van der Waals surface area contributed by atoms with Crippen LogP contribution in [-0.2, 0) is 6.18 Å². The van der Waals surface area contributed by atoms with E-state index in [1.165, 1.54) is 23.5 Å². The second kappa shape index (κ2) is 5.71.